The molecule has 21 heavy (non-hydrogen) atoms. The Balaban J connectivity index is 1.77. The van der Waals surface area contributed by atoms with E-state index in [-0.39, 0.29) is 6.54 Å². The zero-order chi connectivity index (χ0) is 15.4. The monoisotopic (exact) mass is 290 g/mol. The molecule has 4 heteroatoms. The fourth-order valence-corrected chi connectivity index (χ4v) is 2.97. The van der Waals surface area contributed by atoms with Crippen LogP contribution in [0.4, 0.5) is 0 Å². The first-order valence-corrected chi connectivity index (χ1v) is 7.75. The number of aliphatic carboxylic acids is 1. The van der Waals surface area contributed by atoms with Crippen LogP contribution in [0.15, 0.2) is 18.2 Å². The largest absolute Gasteiger partial charge is 0.480 e. The van der Waals surface area contributed by atoms with E-state index in [4.69, 9.17) is 5.11 Å². The molecule has 1 fully saturated rings. The predicted octanol–water partition coefficient (Wildman–Crippen LogP) is 2.33. The molecule has 1 aromatic rings. The quantitative estimate of drug-likeness (QED) is 0.809. The second-order valence-electron chi connectivity index (χ2n) is 6.09. The lowest BCUT2D eigenvalue weighted by Crippen LogP contribution is -2.53. The van der Waals surface area contributed by atoms with Crippen molar-refractivity contribution in [1.29, 1.82) is 0 Å². The highest BCUT2D eigenvalue weighted by Gasteiger charge is 2.33. The lowest BCUT2D eigenvalue weighted by Gasteiger charge is -2.42. The summed E-state index contributed by atoms with van der Waals surface area (Å²) in [4.78, 5) is 12.9. The number of likely N-dealkylation sites (N-methyl/N-ethyl adjacent to an activating group) is 1. The van der Waals surface area contributed by atoms with E-state index in [0.717, 1.165) is 25.9 Å². The molecule has 0 unspecified atom stereocenters. The molecule has 2 rings (SSSR count). The molecule has 0 bridgehead atoms. The summed E-state index contributed by atoms with van der Waals surface area (Å²) in [5.41, 5.74) is 3.98. The number of aryl methyl sites for hydroxylation is 2. The molecule has 0 spiro atoms. The molecule has 0 radical (unpaired) electrons. The summed E-state index contributed by atoms with van der Waals surface area (Å²) in [7, 11) is 0. The second kappa shape index (κ2) is 7.05. The van der Waals surface area contributed by atoms with Crippen LogP contribution in [0.2, 0.25) is 0 Å². The number of rotatable bonds is 7. The van der Waals surface area contributed by atoms with Crippen LogP contribution in [0.3, 0.4) is 0 Å². The lowest BCUT2D eigenvalue weighted by atomic mass is 9.85. The van der Waals surface area contributed by atoms with Crippen LogP contribution in [0.5, 0.6) is 0 Å². The minimum atomic E-state index is -0.733. The Bertz CT molecular complexity index is 496. The summed E-state index contributed by atoms with van der Waals surface area (Å²) in [5, 5.41) is 12.5. The van der Waals surface area contributed by atoms with Crippen LogP contribution in [0.1, 0.15) is 36.5 Å². The third-order valence-electron chi connectivity index (χ3n) is 4.46. The molecule has 116 valence electrons. The third kappa shape index (κ3) is 4.29. The Morgan fingerprint density at radius 1 is 1.38 bits per heavy atom. The second-order valence-corrected chi connectivity index (χ2v) is 6.09. The first kappa shape index (κ1) is 16.0. The van der Waals surface area contributed by atoms with E-state index in [0.29, 0.717) is 12.1 Å². The molecule has 0 saturated heterocycles. The molecule has 1 aliphatic rings. The normalized spacial score (nSPS) is 21.3. The third-order valence-corrected chi connectivity index (χ3v) is 4.46. The Hall–Kier alpha value is -1.39. The van der Waals surface area contributed by atoms with E-state index in [9.17, 15) is 4.79 Å². The van der Waals surface area contributed by atoms with Crippen molar-refractivity contribution in [1.82, 2.24) is 10.2 Å². The minimum Gasteiger partial charge on any atom is -0.480 e. The number of carboxylic acid groups (broad SMARTS) is 1. The fourth-order valence-electron chi connectivity index (χ4n) is 2.97. The van der Waals surface area contributed by atoms with Gasteiger partial charge in [-0.2, -0.15) is 0 Å². The Morgan fingerprint density at radius 3 is 2.71 bits per heavy atom. The maximum absolute atomic E-state index is 10.8. The number of hydrogen-bond donors (Lipinski definition) is 2. The number of carbonyl (C=O) groups is 1. The molecule has 1 aliphatic carbocycles. The van der Waals surface area contributed by atoms with Gasteiger partial charge in [0.2, 0.25) is 0 Å². The maximum Gasteiger partial charge on any atom is 0.317 e. The van der Waals surface area contributed by atoms with Crippen LogP contribution in [0, 0.1) is 13.8 Å². The zero-order valence-electron chi connectivity index (χ0n) is 13.2. The zero-order valence-corrected chi connectivity index (χ0v) is 13.2. The van der Waals surface area contributed by atoms with Gasteiger partial charge in [0.1, 0.15) is 0 Å². The van der Waals surface area contributed by atoms with E-state index in [1.54, 1.807) is 0 Å². The highest BCUT2D eigenvalue weighted by atomic mass is 16.4. The van der Waals surface area contributed by atoms with Crippen LogP contribution in [-0.2, 0) is 11.3 Å². The Labute approximate surface area is 127 Å². The highest BCUT2D eigenvalue weighted by molar-refractivity contribution is 5.69. The van der Waals surface area contributed by atoms with Crippen LogP contribution >= 0.6 is 0 Å². The number of nitrogens with one attached hydrogen (secondary N) is 1. The van der Waals surface area contributed by atoms with Crippen molar-refractivity contribution < 1.29 is 9.90 Å². The maximum atomic E-state index is 10.8. The van der Waals surface area contributed by atoms with Gasteiger partial charge in [0.25, 0.3) is 0 Å². The number of hydrogen-bond acceptors (Lipinski definition) is 3. The number of benzene rings is 1. The van der Waals surface area contributed by atoms with Gasteiger partial charge in [-0.1, -0.05) is 30.7 Å². The van der Waals surface area contributed by atoms with Gasteiger partial charge >= 0.3 is 5.97 Å². The molecule has 4 nitrogen and oxygen atoms in total. The molecule has 0 heterocycles. The van der Waals surface area contributed by atoms with Crippen molar-refractivity contribution >= 4 is 5.97 Å². The van der Waals surface area contributed by atoms with E-state index in [2.05, 4.69) is 42.3 Å². The van der Waals surface area contributed by atoms with Gasteiger partial charge in [0.05, 0.1) is 6.54 Å². The smallest absolute Gasteiger partial charge is 0.317 e. The predicted molar refractivity (Wildman–Crippen MR) is 84.4 cm³/mol. The lowest BCUT2D eigenvalue weighted by molar-refractivity contribution is -0.139. The minimum absolute atomic E-state index is 0.158. The van der Waals surface area contributed by atoms with Crippen LogP contribution in [0.25, 0.3) is 0 Å². The van der Waals surface area contributed by atoms with Crippen LogP contribution in [-0.4, -0.2) is 41.1 Å². The van der Waals surface area contributed by atoms with Crippen molar-refractivity contribution in [2.24, 2.45) is 0 Å². The van der Waals surface area contributed by atoms with Crippen LogP contribution < -0.4 is 5.32 Å². The van der Waals surface area contributed by atoms with Gasteiger partial charge in [-0.15, -0.1) is 0 Å². The van der Waals surface area contributed by atoms with Crippen molar-refractivity contribution in [3.63, 3.8) is 0 Å². The summed E-state index contributed by atoms with van der Waals surface area (Å²) in [6, 6.07) is 7.48. The molecular formula is C17H26N2O2. The average Bonchev–Trinajstić information content (AvgIpc) is 2.38. The number of carboxylic acids is 1. The van der Waals surface area contributed by atoms with Gasteiger partial charge in [-0.25, -0.2) is 0 Å². The highest BCUT2D eigenvalue weighted by Crippen LogP contribution is 2.26. The van der Waals surface area contributed by atoms with E-state index in [1.807, 2.05) is 6.92 Å². The average molecular weight is 290 g/mol. The summed E-state index contributed by atoms with van der Waals surface area (Å²) in [6.45, 7) is 8.15. The van der Waals surface area contributed by atoms with E-state index >= 15 is 0 Å². The molecule has 0 aliphatic heterocycles. The molecular weight excluding hydrogens is 264 g/mol. The topological polar surface area (TPSA) is 52.6 Å². The molecule has 1 saturated carbocycles. The first-order valence-electron chi connectivity index (χ1n) is 7.75. The van der Waals surface area contributed by atoms with E-state index in [1.165, 1.54) is 16.7 Å². The Kier molecular flexibility index (Phi) is 5.37. The van der Waals surface area contributed by atoms with E-state index < -0.39 is 5.97 Å². The van der Waals surface area contributed by atoms with Gasteiger partial charge in [-0.3, -0.25) is 9.69 Å². The van der Waals surface area contributed by atoms with Gasteiger partial charge in [-0.05, 0) is 44.4 Å². The van der Waals surface area contributed by atoms with Crippen molar-refractivity contribution in [3.05, 3.63) is 34.9 Å². The molecule has 0 aromatic heterocycles. The van der Waals surface area contributed by atoms with Gasteiger partial charge < -0.3 is 10.4 Å². The molecule has 0 amide bonds. The summed E-state index contributed by atoms with van der Waals surface area (Å²) in [5.74, 6) is -0.733. The molecule has 1 aromatic carbocycles. The van der Waals surface area contributed by atoms with Crippen molar-refractivity contribution in [3.8, 4) is 0 Å². The summed E-state index contributed by atoms with van der Waals surface area (Å²) < 4.78 is 0. The van der Waals surface area contributed by atoms with Crippen molar-refractivity contribution in [2.75, 3.05) is 13.1 Å². The van der Waals surface area contributed by atoms with Gasteiger partial charge in [0, 0.05) is 18.6 Å². The standard InChI is InChI=1S/C17H26N2O2/c1-4-19(11-17(20)21)16-8-15(9-16)18-10-14-7-12(2)5-6-13(14)3/h5-7,15-16,18H,4,8-11H2,1-3H3,(H,20,21). The summed E-state index contributed by atoms with van der Waals surface area (Å²) in [6.07, 6.45) is 2.10. The summed E-state index contributed by atoms with van der Waals surface area (Å²) >= 11 is 0. The molecule has 2 N–H and O–H groups in total. The number of nitrogens with zero attached hydrogens (tertiary/aromatic N) is 1. The molecule has 0 atom stereocenters. The van der Waals surface area contributed by atoms with Crippen molar-refractivity contribution in [2.45, 2.75) is 52.2 Å². The SMILES string of the molecule is CCN(CC(=O)O)C1CC(NCc2cc(C)ccc2C)C1. The first-order chi connectivity index (χ1) is 9.99. The Morgan fingerprint density at radius 2 is 2.10 bits per heavy atom. The fraction of sp³-hybridized carbons (Fsp3) is 0.588. The van der Waals surface area contributed by atoms with Gasteiger partial charge in [0.15, 0.2) is 0 Å².